The summed E-state index contributed by atoms with van der Waals surface area (Å²) in [5.41, 5.74) is 0.394. The summed E-state index contributed by atoms with van der Waals surface area (Å²) in [5.74, 6) is -0.533. The quantitative estimate of drug-likeness (QED) is 0.601. The van der Waals surface area contributed by atoms with E-state index in [0.29, 0.717) is 22.3 Å². The van der Waals surface area contributed by atoms with Gasteiger partial charge in [-0.15, -0.1) is 0 Å². The molecule has 2 aromatic carbocycles. The van der Waals surface area contributed by atoms with Crippen LogP contribution >= 0.6 is 11.6 Å². The van der Waals surface area contributed by atoms with Crippen molar-refractivity contribution in [3.8, 4) is 5.75 Å². The summed E-state index contributed by atoms with van der Waals surface area (Å²) in [6, 6.07) is 12.9. The molecule has 0 N–H and O–H groups in total. The van der Waals surface area contributed by atoms with Crippen LogP contribution in [0.2, 0.25) is 5.02 Å². The molecule has 0 spiro atoms. The molecule has 0 aliphatic heterocycles. The molecular weight excluding hydrogens is 374 g/mol. The summed E-state index contributed by atoms with van der Waals surface area (Å²) < 4.78 is 32.6. The molecule has 0 fully saturated rings. The Morgan fingerprint density at radius 3 is 2.54 bits per heavy atom. The van der Waals surface area contributed by atoms with Gasteiger partial charge in [-0.3, -0.25) is 4.79 Å². The maximum atomic E-state index is 13.0. The molecule has 0 aliphatic rings. The van der Waals surface area contributed by atoms with Gasteiger partial charge >= 0.3 is 5.97 Å². The van der Waals surface area contributed by atoms with Crippen molar-refractivity contribution in [2.45, 2.75) is 25.2 Å². The number of aromatic nitrogens is 1. The number of halogens is 1. The van der Waals surface area contributed by atoms with E-state index in [2.05, 4.69) is 0 Å². The Morgan fingerprint density at radius 2 is 1.88 bits per heavy atom. The fourth-order valence-corrected chi connectivity index (χ4v) is 4.06. The van der Waals surface area contributed by atoms with Gasteiger partial charge in [0.1, 0.15) is 0 Å². The molecule has 0 aliphatic carbocycles. The van der Waals surface area contributed by atoms with Crippen LogP contribution in [0.15, 0.2) is 59.6 Å². The van der Waals surface area contributed by atoms with Crippen LogP contribution in [0, 0.1) is 5.92 Å². The lowest BCUT2D eigenvalue weighted by Crippen LogP contribution is -2.17. The number of hydrogen-bond acceptors (Lipinski definition) is 4. The molecule has 7 heteroatoms. The van der Waals surface area contributed by atoms with Crippen LogP contribution in [0.1, 0.15) is 20.3 Å². The zero-order valence-corrected chi connectivity index (χ0v) is 15.9. The summed E-state index contributed by atoms with van der Waals surface area (Å²) in [7, 11) is -3.84. The molecule has 5 nitrogen and oxygen atoms in total. The number of ether oxygens (including phenoxy) is 1. The van der Waals surface area contributed by atoms with Gasteiger partial charge in [0, 0.05) is 10.4 Å². The van der Waals surface area contributed by atoms with E-state index in [-0.39, 0.29) is 16.6 Å². The largest absolute Gasteiger partial charge is 0.424 e. The molecule has 136 valence electrons. The first kappa shape index (κ1) is 18.5. The summed E-state index contributed by atoms with van der Waals surface area (Å²) in [5, 5.41) is 0.891. The minimum absolute atomic E-state index is 0.145. The molecule has 0 saturated carbocycles. The van der Waals surface area contributed by atoms with Crippen LogP contribution in [0.3, 0.4) is 0 Å². The average Bonchev–Trinajstić information content (AvgIpc) is 3.00. The highest BCUT2D eigenvalue weighted by atomic mass is 35.5. The number of nitrogens with zero attached hydrogens (tertiary/aromatic N) is 1. The molecule has 0 bridgehead atoms. The lowest BCUT2D eigenvalue weighted by atomic mass is 10.1. The molecule has 1 aromatic heterocycles. The molecule has 1 unspecified atom stereocenters. The van der Waals surface area contributed by atoms with E-state index in [4.69, 9.17) is 16.3 Å². The molecule has 1 atom stereocenters. The molecule has 0 amide bonds. The molecule has 3 aromatic rings. The third-order valence-corrected chi connectivity index (χ3v) is 6.14. The van der Waals surface area contributed by atoms with Gasteiger partial charge in [0.15, 0.2) is 5.75 Å². The van der Waals surface area contributed by atoms with E-state index in [1.54, 1.807) is 43.3 Å². The average molecular weight is 392 g/mol. The Bertz CT molecular complexity index is 1060. The number of benzene rings is 2. The minimum atomic E-state index is -3.84. The predicted molar refractivity (Wildman–Crippen MR) is 101 cm³/mol. The van der Waals surface area contributed by atoms with E-state index < -0.39 is 16.0 Å². The summed E-state index contributed by atoms with van der Waals surface area (Å²) in [6.45, 7) is 3.64. The van der Waals surface area contributed by atoms with Crippen molar-refractivity contribution in [1.82, 2.24) is 3.97 Å². The van der Waals surface area contributed by atoms with E-state index in [1.807, 2.05) is 6.92 Å². The molecule has 0 radical (unpaired) electrons. The number of carbonyl (C=O) groups excluding carboxylic acids is 1. The first-order chi connectivity index (χ1) is 12.3. The highest BCUT2D eigenvalue weighted by Gasteiger charge is 2.24. The standard InChI is InChI=1S/C19H18ClNO4S/c1-3-13(2)19(22)25-18-12-21(17-10-9-14(20)11-16(17)18)26(23,24)15-7-5-4-6-8-15/h4-13H,3H2,1-2H3. The van der Waals surface area contributed by atoms with Crippen molar-refractivity contribution in [1.29, 1.82) is 0 Å². The normalized spacial score (nSPS) is 12.9. The zero-order valence-electron chi connectivity index (χ0n) is 14.3. The summed E-state index contributed by atoms with van der Waals surface area (Å²) >= 11 is 6.06. The van der Waals surface area contributed by atoms with Gasteiger partial charge in [0.2, 0.25) is 0 Å². The van der Waals surface area contributed by atoms with Crippen LogP contribution in [-0.2, 0) is 14.8 Å². The molecule has 3 rings (SSSR count). The maximum Gasteiger partial charge on any atom is 0.314 e. The zero-order chi connectivity index (χ0) is 18.9. The van der Waals surface area contributed by atoms with E-state index in [1.165, 1.54) is 18.3 Å². The second kappa shape index (κ2) is 7.13. The van der Waals surface area contributed by atoms with Gasteiger partial charge in [0.05, 0.1) is 22.5 Å². The van der Waals surface area contributed by atoms with Gasteiger partial charge in [-0.2, -0.15) is 0 Å². The summed E-state index contributed by atoms with van der Waals surface area (Å²) in [6.07, 6.45) is 1.95. The number of hydrogen-bond donors (Lipinski definition) is 0. The second-order valence-corrected chi connectivity index (χ2v) is 8.25. The molecular formula is C19H18ClNO4S. The topological polar surface area (TPSA) is 65.4 Å². The van der Waals surface area contributed by atoms with Crippen molar-refractivity contribution < 1.29 is 17.9 Å². The van der Waals surface area contributed by atoms with Gasteiger partial charge in [-0.1, -0.05) is 43.6 Å². The van der Waals surface area contributed by atoms with E-state index in [0.717, 1.165) is 3.97 Å². The molecule has 1 heterocycles. The molecule has 0 saturated heterocycles. The van der Waals surface area contributed by atoms with Gasteiger partial charge in [0.25, 0.3) is 10.0 Å². The highest BCUT2D eigenvalue weighted by molar-refractivity contribution is 7.90. The predicted octanol–water partition coefficient (Wildman–Crippen LogP) is 4.48. The Balaban J connectivity index is 2.17. The van der Waals surface area contributed by atoms with Crippen LogP contribution in [-0.4, -0.2) is 18.4 Å². The number of rotatable bonds is 5. The monoisotopic (exact) mass is 391 g/mol. The fraction of sp³-hybridized carbons (Fsp3) is 0.211. The van der Waals surface area contributed by atoms with Crippen LogP contribution in [0.25, 0.3) is 10.9 Å². The SMILES string of the molecule is CCC(C)C(=O)Oc1cn(S(=O)(=O)c2ccccc2)c2ccc(Cl)cc12. The smallest absolute Gasteiger partial charge is 0.314 e. The maximum absolute atomic E-state index is 13.0. The number of esters is 1. The van der Waals surface area contributed by atoms with Crippen molar-refractivity contribution in [2.75, 3.05) is 0 Å². The first-order valence-corrected chi connectivity index (χ1v) is 9.99. The number of carbonyl (C=O) groups is 1. The Morgan fingerprint density at radius 1 is 1.19 bits per heavy atom. The third-order valence-electron chi connectivity index (χ3n) is 4.22. The molecule has 26 heavy (non-hydrogen) atoms. The van der Waals surface area contributed by atoms with Crippen LogP contribution < -0.4 is 4.74 Å². The fourth-order valence-electron chi connectivity index (χ4n) is 2.51. The van der Waals surface area contributed by atoms with Gasteiger partial charge < -0.3 is 4.74 Å². The third kappa shape index (κ3) is 3.34. The van der Waals surface area contributed by atoms with Crippen LogP contribution in [0.4, 0.5) is 0 Å². The lowest BCUT2D eigenvalue weighted by Gasteiger charge is -2.07. The van der Waals surface area contributed by atoms with Gasteiger partial charge in [-0.05, 0) is 36.8 Å². The van der Waals surface area contributed by atoms with Crippen molar-refractivity contribution in [3.63, 3.8) is 0 Å². The Kier molecular flexibility index (Phi) is 5.07. The lowest BCUT2D eigenvalue weighted by molar-refractivity contribution is -0.138. The van der Waals surface area contributed by atoms with E-state index in [9.17, 15) is 13.2 Å². The Labute approximate surface area is 157 Å². The Hall–Kier alpha value is -2.31. The van der Waals surface area contributed by atoms with Crippen LogP contribution in [0.5, 0.6) is 5.75 Å². The summed E-state index contributed by atoms with van der Waals surface area (Å²) in [4.78, 5) is 12.3. The van der Waals surface area contributed by atoms with Crippen molar-refractivity contribution in [3.05, 3.63) is 59.8 Å². The van der Waals surface area contributed by atoms with Crippen molar-refractivity contribution >= 4 is 38.5 Å². The minimum Gasteiger partial charge on any atom is -0.424 e. The second-order valence-electron chi connectivity index (χ2n) is 6.00. The highest BCUT2D eigenvalue weighted by Crippen LogP contribution is 2.33. The van der Waals surface area contributed by atoms with E-state index >= 15 is 0 Å². The van der Waals surface area contributed by atoms with Crippen molar-refractivity contribution in [2.24, 2.45) is 5.92 Å². The van der Waals surface area contributed by atoms with Gasteiger partial charge in [-0.25, -0.2) is 12.4 Å². The first-order valence-electron chi connectivity index (χ1n) is 8.17. The number of fused-ring (bicyclic) bond motifs is 1.